The molecule has 146 valence electrons. The number of nitrogens with one attached hydrogen (secondary N) is 2. The van der Waals surface area contributed by atoms with Crippen molar-refractivity contribution in [1.82, 2.24) is 10.6 Å². The lowest BCUT2D eigenvalue weighted by Gasteiger charge is -2.46. The number of carbonyl (C=O) groups excluding carboxylic acids is 1. The number of ether oxygens (including phenoxy) is 1. The van der Waals surface area contributed by atoms with Gasteiger partial charge in [0, 0.05) is 34.6 Å². The van der Waals surface area contributed by atoms with E-state index < -0.39 is 11.7 Å². The minimum absolute atomic E-state index is 0.0420. The molecule has 6 heteroatoms. The molecule has 2 aromatic rings. The van der Waals surface area contributed by atoms with Crippen LogP contribution >= 0.6 is 0 Å². The Labute approximate surface area is 159 Å². The van der Waals surface area contributed by atoms with Crippen molar-refractivity contribution in [2.24, 2.45) is 0 Å². The highest BCUT2D eigenvalue weighted by Gasteiger charge is 2.38. The lowest BCUT2D eigenvalue weighted by atomic mass is 9.79. The Morgan fingerprint density at radius 2 is 1.81 bits per heavy atom. The highest BCUT2D eigenvalue weighted by molar-refractivity contribution is 5.81. The van der Waals surface area contributed by atoms with Crippen molar-refractivity contribution < 1.29 is 13.9 Å². The van der Waals surface area contributed by atoms with Crippen molar-refractivity contribution >= 4 is 16.9 Å². The summed E-state index contributed by atoms with van der Waals surface area (Å²) in [4.78, 5) is 24.0. The summed E-state index contributed by atoms with van der Waals surface area (Å²) in [6.07, 6.45) is 1.06. The lowest BCUT2D eigenvalue weighted by Crippen LogP contribution is -2.62. The van der Waals surface area contributed by atoms with E-state index in [2.05, 4.69) is 38.3 Å². The highest BCUT2D eigenvalue weighted by Crippen LogP contribution is 2.28. The van der Waals surface area contributed by atoms with Crippen molar-refractivity contribution in [2.75, 3.05) is 0 Å². The van der Waals surface area contributed by atoms with Gasteiger partial charge in [0.15, 0.2) is 6.10 Å². The maximum Gasteiger partial charge on any atom is 0.336 e. The second-order valence-corrected chi connectivity index (χ2v) is 8.72. The van der Waals surface area contributed by atoms with Gasteiger partial charge in [0.25, 0.3) is 5.91 Å². The smallest absolute Gasteiger partial charge is 0.336 e. The Hall–Kier alpha value is -2.34. The van der Waals surface area contributed by atoms with Crippen LogP contribution in [0.3, 0.4) is 0 Å². The van der Waals surface area contributed by atoms with Crippen molar-refractivity contribution in [3.05, 3.63) is 40.8 Å². The van der Waals surface area contributed by atoms with Crippen LogP contribution in [0.5, 0.6) is 5.75 Å². The minimum Gasteiger partial charge on any atom is -0.481 e. The van der Waals surface area contributed by atoms with Crippen molar-refractivity contribution in [3.8, 4) is 5.75 Å². The molecule has 3 rings (SSSR count). The van der Waals surface area contributed by atoms with Crippen LogP contribution in [0, 0.1) is 0 Å². The standard InChI is InChI=1S/C21H28N2O4/c1-13(19(25)22-15-11-20(2,3)23-21(4,5)12-15)26-16-8-6-14-7-9-18(24)27-17(14)10-16/h6-10,13,15,23H,11-12H2,1-5H3,(H,22,25). The van der Waals surface area contributed by atoms with Gasteiger partial charge in [-0.05, 0) is 65.7 Å². The van der Waals surface area contributed by atoms with Gasteiger partial charge in [-0.15, -0.1) is 0 Å². The van der Waals surface area contributed by atoms with Crippen LogP contribution in [0.25, 0.3) is 11.0 Å². The SMILES string of the molecule is CC(Oc1ccc2ccc(=O)oc2c1)C(=O)NC1CC(C)(C)NC(C)(C)C1. The second kappa shape index (κ2) is 7.00. The number of benzene rings is 1. The van der Waals surface area contributed by atoms with Gasteiger partial charge < -0.3 is 19.8 Å². The van der Waals surface area contributed by atoms with Crippen LogP contribution in [-0.2, 0) is 4.79 Å². The maximum atomic E-state index is 12.6. The molecule has 1 aromatic heterocycles. The highest BCUT2D eigenvalue weighted by atomic mass is 16.5. The van der Waals surface area contributed by atoms with E-state index in [1.807, 2.05) is 0 Å². The topological polar surface area (TPSA) is 80.6 Å². The Bertz CT molecular complexity index is 884. The van der Waals surface area contributed by atoms with Crippen LogP contribution in [0.1, 0.15) is 47.5 Å². The molecule has 0 aliphatic carbocycles. The van der Waals surface area contributed by atoms with Crippen LogP contribution in [0.15, 0.2) is 39.5 Å². The summed E-state index contributed by atoms with van der Waals surface area (Å²) in [6.45, 7) is 10.3. The second-order valence-electron chi connectivity index (χ2n) is 8.72. The summed E-state index contributed by atoms with van der Waals surface area (Å²) in [5.41, 5.74) is -0.0599. The lowest BCUT2D eigenvalue weighted by molar-refractivity contribution is -0.128. The summed E-state index contributed by atoms with van der Waals surface area (Å²) >= 11 is 0. The van der Waals surface area contributed by atoms with E-state index in [4.69, 9.17) is 9.15 Å². The fourth-order valence-electron chi connectivity index (χ4n) is 4.11. The summed E-state index contributed by atoms with van der Waals surface area (Å²) in [6, 6.07) is 8.36. The Morgan fingerprint density at radius 3 is 2.48 bits per heavy atom. The number of amides is 1. The predicted molar refractivity (Wildman–Crippen MR) is 105 cm³/mol. The number of carbonyl (C=O) groups is 1. The molecule has 2 heterocycles. The predicted octanol–water partition coefficient (Wildman–Crippen LogP) is 2.99. The minimum atomic E-state index is -0.654. The van der Waals surface area contributed by atoms with Gasteiger partial charge in [-0.2, -0.15) is 0 Å². The molecule has 1 aliphatic rings. The molecule has 1 aromatic carbocycles. The fourth-order valence-corrected chi connectivity index (χ4v) is 4.11. The third-order valence-electron chi connectivity index (χ3n) is 4.81. The molecule has 0 bridgehead atoms. The zero-order valence-electron chi connectivity index (χ0n) is 16.6. The van der Waals surface area contributed by atoms with E-state index in [-0.39, 0.29) is 23.0 Å². The van der Waals surface area contributed by atoms with Crippen LogP contribution in [-0.4, -0.2) is 29.1 Å². The van der Waals surface area contributed by atoms with E-state index in [0.29, 0.717) is 11.3 Å². The van der Waals surface area contributed by atoms with Crippen LogP contribution < -0.4 is 21.0 Å². The zero-order valence-corrected chi connectivity index (χ0v) is 16.6. The molecule has 0 radical (unpaired) electrons. The van der Waals surface area contributed by atoms with E-state index in [9.17, 15) is 9.59 Å². The number of hydrogen-bond donors (Lipinski definition) is 2. The third-order valence-corrected chi connectivity index (χ3v) is 4.81. The molecule has 6 nitrogen and oxygen atoms in total. The molecular formula is C21H28N2O4. The molecule has 1 atom stereocenters. The Morgan fingerprint density at radius 1 is 1.19 bits per heavy atom. The molecule has 1 amide bonds. The number of piperidine rings is 1. The molecule has 0 saturated carbocycles. The first-order valence-electron chi connectivity index (χ1n) is 9.33. The maximum absolute atomic E-state index is 12.6. The van der Waals surface area contributed by atoms with Gasteiger partial charge in [0.2, 0.25) is 0 Å². The summed E-state index contributed by atoms with van der Waals surface area (Å²) in [7, 11) is 0. The summed E-state index contributed by atoms with van der Waals surface area (Å²) < 4.78 is 10.9. The van der Waals surface area contributed by atoms with Crippen molar-refractivity contribution in [1.29, 1.82) is 0 Å². The fraction of sp³-hybridized carbons (Fsp3) is 0.524. The van der Waals surface area contributed by atoms with Crippen molar-refractivity contribution in [3.63, 3.8) is 0 Å². The van der Waals surface area contributed by atoms with Gasteiger partial charge in [0.05, 0.1) is 0 Å². The molecule has 0 spiro atoms. The van der Waals surface area contributed by atoms with Crippen molar-refractivity contribution in [2.45, 2.75) is 70.7 Å². The molecule has 27 heavy (non-hydrogen) atoms. The average Bonchev–Trinajstić information content (AvgIpc) is 2.51. The van der Waals surface area contributed by atoms with Gasteiger partial charge in [-0.3, -0.25) is 4.79 Å². The van der Waals surface area contributed by atoms with Crippen LogP contribution in [0.2, 0.25) is 0 Å². The molecular weight excluding hydrogens is 344 g/mol. The first-order chi connectivity index (χ1) is 12.5. The molecule has 1 fully saturated rings. The van der Waals surface area contributed by atoms with E-state index in [1.165, 1.54) is 6.07 Å². The number of fused-ring (bicyclic) bond motifs is 1. The van der Waals surface area contributed by atoms with Gasteiger partial charge in [0.1, 0.15) is 11.3 Å². The third kappa shape index (κ3) is 4.89. The quantitative estimate of drug-likeness (QED) is 0.807. The zero-order chi connectivity index (χ0) is 19.8. The summed E-state index contributed by atoms with van der Waals surface area (Å²) in [5.74, 6) is 0.341. The average molecular weight is 372 g/mol. The van der Waals surface area contributed by atoms with Crippen LogP contribution in [0.4, 0.5) is 0 Å². The Balaban J connectivity index is 1.66. The first-order valence-corrected chi connectivity index (χ1v) is 9.33. The number of hydrogen-bond acceptors (Lipinski definition) is 5. The molecule has 1 saturated heterocycles. The van der Waals surface area contributed by atoms with Gasteiger partial charge in [-0.1, -0.05) is 0 Å². The normalized spacial score (nSPS) is 20.2. The summed E-state index contributed by atoms with van der Waals surface area (Å²) in [5, 5.41) is 7.53. The Kier molecular flexibility index (Phi) is 5.04. The molecule has 1 unspecified atom stereocenters. The monoisotopic (exact) mass is 372 g/mol. The molecule has 1 aliphatic heterocycles. The van der Waals surface area contributed by atoms with Gasteiger partial charge >= 0.3 is 5.63 Å². The largest absolute Gasteiger partial charge is 0.481 e. The van der Waals surface area contributed by atoms with E-state index in [1.54, 1.807) is 31.2 Å². The van der Waals surface area contributed by atoms with Gasteiger partial charge in [-0.25, -0.2) is 4.79 Å². The first kappa shape index (κ1) is 19.4. The number of rotatable bonds is 4. The molecule has 2 N–H and O–H groups in total. The van der Waals surface area contributed by atoms with E-state index in [0.717, 1.165) is 18.2 Å². The van der Waals surface area contributed by atoms with E-state index >= 15 is 0 Å².